The standard InChI is InChI=1S/C26H29Cl2F3N6O2S/c1-40(38,39)37-8-6-23-20(16-37)24(34-33-23)19-5-4-18(26(29,30)31)13-17(19)3-2-7-35-9-11-36(12-10-35)25-21(27)14-32-15-22(25)28/h4-5,13-15H,2-3,6-12,16H2,1H3,(H,33,34). The number of hydrogen-bond donors (Lipinski definition) is 1. The number of H-pyrrole nitrogens is 1. The predicted octanol–water partition coefficient (Wildman–Crippen LogP) is 4.87. The van der Waals surface area contributed by atoms with Gasteiger partial charge >= 0.3 is 6.18 Å². The van der Waals surface area contributed by atoms with Crippen molar-refractivity contribution in [2.45, 2.75) is 32.0 Å². The van der Waals surface area contributed by atoms with Gasteiger partial charge in [-0.25, -0.2) is 8.42 Å². The molecule has 14 heteroatoms. The minimum atomic E-state index is -4.47. The molecule has 0 aliphatic carbocycles. The van der Waals surface area contributed by atoms with E-state index < -0.39 is 21.8 Å². The van der Waals surface area contributed by atoms with Crippen LogP contribution in [0.1, 0.15) is 28.8 Å². The number of nitrogens with one attached hydrogen (secondary N) is 1. The zero-order valence-electron chi connectivity index (χ0n) is 21.8. The molecular formula is C26H29Cl2F3N6O2S. The molecule has 2 aliphatic heterocycles. The number of nitrogens with zero attached hydrogens (tertiary/aromatic N) is 5. The van der Waals surface area contributed by atoms with E-state index in [0.717, 1.165) is 36.8 Å². The van der Waals surface area contributed by atoms with E-state index in [2.05, 4.69) is 25.0 Å². The van der Waals surface area contributed by atoms with Gasteiger partial charge < -0.3 is 4.90 Å². The number of aromatic nitrogens is 3. The van der Waals surface area contributed by atoms with Crippen molar-refractivity contribution in [2.75, 3.05) is 50.4 Å². The van der Waals surface area contributed by atoms with Crippen molar-refractivity contribution >= 4 is 38.9 Å². The first-order valence-electron chi connectivity index (χ1n) is 12.9. The largest absolute Gasteiger partial charge is 0.416 e. The normalized spacial score (nSPS) is 17.3. The van der Waals surface area contributed by atoms with Crippen molar-refractivity contribution in [3.8, 4) is 11.3 Å². The monoisotopic (exact) mass is 616 g/mol. The van der Waals surface area contributed by atoms with E-state index in [9.17, 15) is 21.6 Å². The van der Waals surface area contributed by atoms with Crippen molar-refractivity contribution in [2.24, 2.45) is 0 Å². The average Bonchev–Trinajstić information content (AvgIpc) is 3.32. The Bertz CT molecular complexity index is 1470. The van der Waals surface area contributed by atoms with Gasteiger partial charge in [-0.15, -0.1) is 0 Å². The van der Waals surface area contributed by atoms with Crippen molar-refractivity contribution in [1.29, 1.82) is 0 Å². The summed E-state index contributed by atoms with van der Waals surface area (Å²) >= 11 is 12.6. The van der Waals surface area contributed by atoms with Crippen LogP contribution in [0.15, 0.2) is 30.6 Å². The molecule has 0 spiro atoms. The summed E-state index contributed by atoms with van der Waals surface area (Å²) in [6.07, 6.45) is 1.34. The van der Waals surface area contributed by atoms with Crippen molar-refractivity contribution in [1.82, 2.24) is 24.4 Å². The Labute approximate surface area is 241 Å². The molecule has 0 atom stereocenters. The maximum absolute atomic E-state index is 13.6. The molecule has 1 fully saturated rings. The molecule has 0 radical (unpaired) electrons. The molecule has 1 aromatic carbocycles. The average molecular weight is 618 g/mol. The van der Waals surface area contributed by atoms with E-state index >= 15 is 0 Å². The molecule has 5 rings (SSSR count). The summed E-state index contributed by atoms with van der Waals surface area (Å²) in [5.74, 6) is 0. The minimum absolute atomic E-state index is 0.135. The Morgan fingerprint density at radius 3 is 2.40 bits per heavy atom. The second-order valence-electron chi connectivity index (χ2n) is 10.1. The van der Waals surface area contributed by atoms with Crippen molar-refractivity contribution in [3.05, 3.63) is 63.0 Å². The van der Waals surface area contributed by atoms with Crippen LogP contribution in [0, 0.1) is 0 Å². The van der Waals surface area contributed by atoms with Crippen LogP contribution in [0.4, 0.5) is 18.9 Å². The minimum Gasteiger partial charge on any atom is -0.366 e. The molecule has 0 amide bonds. The molecule has 0 bridgehead atoms. The molecule has 40 heavy (non-hydrogen) atoms. The second-order valence-corrected chi connectivity index (χ2v) is 12.9. The van der Waals surface area contributed by atoms with Gasteiger partial charge in [0.2, 0.25) is 10.0 Å². The van der Waals surface area contributed by atoms with Crippen LogP contribution < -0.4 is 4.90 Å². The molecule has 0 saturated carbocycles. The Morgan fingerprint density at radius 2 is 1.75 bits per heavy atom. The first kappa shape index (κ1) is 29.1. The topological polar surface area (TPSA) is 85.4 Å². The SMILES string of the molecule is CS(=O)(=O)N1CCc2[nH]nc(-c3ccc(C(F)(F)F)cc3CCCN3CCN(c4c(Cl)cncc4Cl)CC3)c2C1. The molecule has 1 N–H and O–H groups in total. The summed E-state index contributed by atoms with van der Waals surface area (Å²) in [6.45, 7) is 4.14. The lowest BCUT2D eigenvalue weighted by Crippen LogP contribution is -2.46. The number of alkyl halides is 3. The van der Waals surface area contributed by atoms with Gasteiger partial charge in [-0.2, -0.15) is 22.6 Å². The first-order chi connectivity index (χ1) is 18.9. The lowest BCUT2D eigenvalue weighted by Gasteiger charge is -2.36. The first-order valence-corrected chi connectivity index (χ1v) is 15.5. The van der Waals surface area contributed by atoms with E-state index in [1.807, 2.05) is 0 Å². The number of aromatic amines is 1. The van der Waals surface area contributed by atoms with Gasteiger partial charge in [-0.3, -0.25) is 15.0 Å². The summed E-state index contributed by atoms with van der Waals surface area (Å²) < 4.78 is 66.5. The number of fused-ring (bicyclic) bond motifs is 1. The summed E-state index contributed by atoms with van der Waals surface area (Å²) in [5, 5.41) is 8.39. The molecule has 8 nitrogen and oxygen atoms in total. The van der Waals surface area contributed by atoms with Crippen LogP contribution in [0.5, 0.6) is 0 Å². The van der Waals surface area contributed by atoms with Crippen LogP contribution >= 0.6 is 23.2 Å². The number of aryl methyl sites for hydroxylation is 1. The third-order valence-corrected chi connectivity index (χ3v) is 9.30. The van der Waals surface area contributed by atoms with Crippen LogP contribution in [0.3, 0.4) is 0 Å². The molecule has 216 valence electrons. The lowest BCUT2D eigenvalue weighted by atomic mass is 9.94. The molecule has 0 unspecified atom stereocenters. The summed E-state index contributed by atoms with van der Waals surface area (Å²) in [7, 11) is -3.42. The number of anilines is 1. The fourth-order valence-electron chi connectivity index (χ4n) is 5.38. The van der Waals surface area contributed by atoms with E-state index in [-0.39, 0.29) is 6.54 Å². The maximum Gasteiger partial charge on any atom is 0.416 e. The van der Waals surface area contributed by atoms with Crippen LogP contribution in [-0.4, -0.2) is 78.3 Å². The number of benzene rings is 1. The molecule has 2 aliphatic rings. The summed E-state index contributed by atoms with van der Waals surface area (Å²) in [5.41, 5.74) is 3.21. The van der Waals surface area contributed by atoms with Crippen LogP contribution in [-0.2, 0) is 35.6 Å². The fourth-order valence-corrected chi connectivity index (χ4v) is 6.77. The lowest BCUT2D eigenvalue weighted by molar-refractivity contribution is -0.137. The smallest absolute Gasteiger partial charge is 0.366 e. The highest BCUT2D eigenvalue weighted by molar-refractivity contribution is 7.88. The maximum atomic E-state index is 13.6. The Hall–Kier alpha value is -2.38. The van der Waals surface area contributed by atoms with Gasteiger partial charge in [0, 0.05) is 74.9 Å². The Morgan fingerprint density at radius 1 is 1.05 bits per heavy atom. The second kappa shape index (κ2) is 11.5. The van der Waals surface area contributed by atoms with E-state index in [0.29, 0.717) is 77.9 Å². The van der Waals surface area contributed by atoms with Gasteiger partial charge in [0.25, 0.3) is 0 Å². The van der Waals surface area contributed by atoms with Gasteiger partial charge in [0.05, 0.1) is 33.2 Å². The zero-order valence-corrected chi connectivity index (χ0v) is 24.1. The molecule has 3 aromatic rings. The summed E-state index contributed by atoms with van der Waals surface area (Å²) in [4.78, 5) is 8.39. The number of pyridine rings is 1. The Kier molecular flexibility index (Phi) is 8.36. The number of sulfonamides is 1. The molecule has 1 saturated heterocycles. The zero-order chi connectivity index (χ0) is 28.7. The number of hydrogen-bond acceptors (Lipinski definition) is 6. The molecular weight excluding hydrogens is 588 g/mol. The Balaban J connectivity index is 1.30. The third kappa shape index (κ3) is 6.25. The number of halogens is 5. The molecule has 4 heterocycles. The van der Waals surface area contributed by atoms with Crippen LogP contribution in [0.25, 0.3) is 11.3 Å². The number of piperazine rings is 1. The predicted molar refractivity (Wildman–Crippen MR) is 149 cm³/mol. The highest BCUT2D eigenvalue weighted by atomic mass is 35.5. The van der Waals surface area contributed by atoms with Gasteiger partial charge in [0.15, 0.2) is 0 Å². The highest BCUT2D eigenvalue weighted by Gasteiger charge is 2.33. The third-order valence-electron chi connectivity index (χ3n) is 7.49. The molecule has 2 aromatic heterocycles. The van der Waals surface area contributed by atoms with Crippen LogP contribution in [0.2, 0.25) is 10.0 Å². The van der Waals surface area contributed by atoms with E-state index in [4.69, 9.17) is 23.2 Å². The fraction of sp³-hybridized carbons (Fsp3) is 0.462. The van der Waals surface area contributed by atoms with Crippen molar-refractivity contribution in [3.63, 3.8) is 0 Å². The van der Waals surface area contributed by atoms with Gasteiger partial charge in [0.1, 0.15) is 0 Å². The van der Waals surface area contributed by atoms with Gasteiger partial charge in [-0.05, 0) is 37.1 Å². The highest BCUT2D eigenvalue weighted by Crippen LogP contribution is 2.37. The quantitative estimate of drug-likeness (QED) is 0.408. The number of rotatable bonds is 7. The van der Waals surface area contributed by atoms with E-state index in [1.165, 1.54) is 16.4 Å². The van der Waals surface area contributed by atoms with Gasteiger partial charge in [-0.1, -0.05) is 29.3 Å². The van der Waals surface area contributed by atoms with Crippen molar-refractivity contribution < 1.29 is 21.6 Å². The summed E-state index contributed by atoms with van der Waals surface area (Å²) in [6, 6.07) is 3.71. The van der Waals surface area contributed by atoms with E-state index in [1.54, 1.807) is 12.4 Å².